The molecule has 1 aliphatic heterocycles. The van der Waals surface area contributed by atoms with Crippen molar-refractivity contribution < 1.29 is 23.9 Å². The van der Waals surface area contributed by atoms with Crippen molar-refractivity contribution in [1.82, 2.24) is 10.9 Å². The summed E-state index contributed by atoms with van der Waals surface area (Å²) >= 11 is 0. The van der Waals surface area contributed by atoms with E-state index in [0.717, 1.165) is 11.1 Å². The van der Waals surface area contributed by atoms with Crippen molar-refractivity contribution in [1.29, 1.82) is 0 Å². The fraction of sp³-hybridized carbons (Fsp3) is 0.250. The topological polar surface area (TPSA) is 93.7 Å². The molecule has 2 amide bonds. The molecule has 1 atom stereocenters. The van der Waals surface area contributed by atoms with Gasteiger partial charge < -0.3 is 9.47 Å². The Morgan fingerprint density at radius 2 is 1.70 bits per heavy atom. The molecule has 2 aromatic carbocycles. The van der Waals surface area contributed by atoms with Crippen molar-refractivity contribution in [3.63, 3.8) is 0 Å². The number of hydrogen-bond acceptors (Lipinski definition) is 5. The summed E-state index contributed by atoms with van der Waals surface area (Å²) in [4.78, 5) is 34.7. The molecular weight excluding hydrogens is 348 g/mol. The SMILES string of the molecule is O=C(COc1ccccc1-c1ccccc1)NNC(=O)C[C@H]1COC(=O)C1. The highest BCUT2D eigenvalue weighted by atomic mass is 16.5. The van der Waals surface area contributed by atoms with E-state index in [4.69, 9.17) is 9.47 Å². The minimum atomic E-state index is -0.482. The predicted octanol–water partition coefficient (Wildman–Crippen LogP) is 1.83. The van der Waals surface area contributed by atoms with Crippen LogP contribution >= 0.6 is 0 Å². The van der Waals surface area contributed by atoms with E-state index in [9.17, 15) is 14.4 Å². The molecular formula is C20H20N2O5. The van der Waals surface area contributed by atoms with E-state index in [2.05, 4.69) is 10.9 Å². The van der Waals surface area contributed by atoms with Crippen molar-refractivity contribution >= 4 is 17.8 Å². The minimum Gasteiger partial charge on any atom is -0.483 e. The monoisotopic (exact) mass is 368 g/mol. The lowest BCUT2D eigenvalue weighted by atomic mass is 10.1. The van der Waals surface area contributed by atoms with E-state index in [0.29, 0.717) is 5.75 Å². The molecule has 1 saturated heterocycles. The summed E-state index contributed by atoms with van der Waals surface area (Å²) in [6.07, 6.45) is 0.338. The summed E-state index contributed by atoms with van der Waals surface area (Å²) in [5.41, 5.74) is 6.49. The molecule has 2 N–H and O–H groups in total. The summed E-state index contributed by atoms with van der Waals surface area (Å²) in [5, 5.41) is 0. The Morgan fingerprint density at radius 1 is 1.00 bits per heavy atom. The third-order valence-corrected chi connectivity index (χ3v) is 4.08. The Balaban J connectivity index is 1.47. The molecule has 0 radical (unpaired) electrons. The lowest BCUT2D eigenvalue weighted by Gasteiger charge is -2.12. The number of carbonyl (C=O) groups excluding carboxylic acids is 3. The third-order valence-electron chi connectivity index (χ3n) is 4.08. The molecule has 0 aliphatic carbocycles. The van der Waals surface area contributed by atoms with Crippen molar-refractivity contribution in [3.05, 3.63) is 54.6 Å². The summed E-state index contributed by atoms with van der Waals surface area (Å²) < 4.78 is 10.4. The van der Waals surface area contributed by atoms with Gasteiger partial charge in [0.05, 0.1) is 13.0 Å². The zero-order chi connectivity index (χ0) is 19.1. The zero-order valence-electron chi connectivity index (χ0n) is 14.6. The molecule has 0 bridgehead atoms. The zero-order valence-corrected chi connectivity index (χ0v) is 14.6. The van der Waals surface area contributed by atoms with Crippen LogP contribution < -0.4 is 15.6 Å². The fourth-order valence-electron chi connectivity index (χ4n) is 2.78. The predicted molar refractivity (Wildman–Crippen MR) is 97.3 cm³/mol. The highest BCUT2D eigenvalue weighted by molar-refractivity contribution is 5.83. The Hall–Kier alpha value is -3.35. The van der Waals surface area contributed by atoms with Gasteiger partial charge in [-0.3, -0.25) is 25.2 Å². The van der Waals surface area contributed by atoms with E-state index >= 15 is 0 Å². The molecule has 0 saturated carbocycles. The number of benzene rings is 2. The van der Waals surface area contributed by atoms with Crippen LogP contribution in [0.1, 0.15) is 12.8 Å². The first-order valence-electron chi connectivity index (χ1n) is 8.62. The van der Waals surface area contributed by atoms with Crippen LogP contribution in [0.5, 0.6) is 5.75 Å². The molecule has 3 rings (SSSR count). The minimum absolute atomic E-state index is 0.115. The Bertz CT molecular complexity index is 822. The second-order valence-electron chi connectivity index (χ2n) is 6.20. The first-order chi connectivity index (χ1) is 13.1. The summed E-state index contributed by atoms with van der Waals surface area (Å²) in [5.74, 6) is -0.737. The van der Waals surface area contributed by atoms with Gasteiger partial charge in [-0.2, -0.15) is 0 Å². The van der Waals surface area contributed by atoms with E-state index < -0.39 is 5.91 Å². The van der Waals surface area contributed by atoms with Gasteiger partial charge >= 0.3 is 5.97 Å². The second kappa shape index (κ2) is 8.84. The maximum atomic E-state index is 11.9. The first-order valence-corrected chi connectivity index (χ1v) is 8.62. The molecule has 7 nitrogen and oxygen atoms in total. The van der Waals surface area contributed by atoms with Crippen LogP contribution in [0.25, 0.3) is 11.1 Å². The van der Waals surface area contributed by atoms with Gasteiger partial charge in [0.15, 0.2) is 6.61 Å². The summed E-state index contributed by atoms with van der Waals surface area (Å²) in [6.45, 7) is -0.00522. The largest absolute Gasteiger partial charge is 0.483 e. The van der Waals surface area contributed by atoms with Crippen LogP contribution in [0.4, 0.5) is 0 Å². The number of esters is 1. The van der Waals surface area contributed by atoms with Crippen molar-refractivity contribution in [2.24, 2.45) is 5.92 Å². The molecule has 1 heterocycles. The molecule has 0 aromatic heterocycles. The van der Waals surface area contributed by atoms with Crippen LogP contribution in [0.3, 0.4) is 0 Å². The van der Waals surface area contributed by atoms with Crippen molar-refractivity contribution in [2.75, 3.05) is 13.2 Å². The van der Waals surface area contributed by atoms with Crippen LogP contribution in [0.15, 0.2) is 54.6 Å². The number of amides is 2. The molecule has 140 valence electrons. The van der Waals surface area contributed by atoms with E-state index in [1.807, 2.05) is 48.5 Å². The Kier molecular flexibility index (Phi) is 6.04. The number of hydrazine groups is 1. The van der Waals surface area contributed by atoms with Gasteiger partial charge in [-0.1, -0.05) is 48.5 Å². The molecule has 7 heteroatoms. The molecule has 0 spiro atoms. The van der Waals surface area contributed by atoms with Crippen LogP contribution in [0.2, 0.25) is 0 Å². The van der Waals surface area contributed by atoms with E-state index in [1.54, 1.807) is 6.07 Å². The van der Waals surface area contributed by atoms with E-state index in [-0.39, 0.29) is 43.8 Å². The normalized spacial score (nSPS) is 15.7. The molecule has 0 unspecified atom stereocenters. The maximum Gasteiger partial charge on any atom is 0.306 e. The number of hydrogen-bond donors (Lipinski definition) is 2. The van der Waals surface area contributed by atoms with Crippen LogP contribution in [0, 0.1) is 5.92 Å². The van der Waals surface area contributed by atoms with Crippen LogP contribution in [-0.4, -0.2) is 31.0 Å². The Morgan fingerprint density at radius 3 is 2.44 bits per heavy atom. The number of nitrogens with one attached hydrogen (secondary N) is 2. The number of para-hydroxylation sites is 1. The summed E-state index contributed by atoms with van der Waals surface area (Å²) in [7, 11) is 0. The summed E-state index contributed by atoms with van der Waals surface area (Å²) in [6, 6.07) is 17.1. The van der Waals surface area contributed by atoms with Crippen molar-refractivity contribution in [2.45, 2.75) is 12.8 Å². The quantitative estimate of drug-likeness (QED) is 0.599. The lowest BCUT2D eigenvalue weighted by molar-refractivity contribution is -0.138. The maximum absolute atomic E-state index is 11.9. The third kappa shape index (κ3) is 5.31. The number of rotatable bonds is 6. The first kappa shape index (κ1) is 18.4. The highest BCUT2D eigenvalue weighted by Gasteiger charge is 2.25. The molecule has 1 aliphatic rings. The van der Waals surface area contributed by atoms with Gasteiger partial charge in [0.1, 0.15) is 5.75 Å². The van der Waals surface area contributed by atoms with Gasteiger partial charge in [0.2, 0.25) is 5.91 Å². The smallest absolute Gasteiger partial charge is 0.306 e. The molecule has 1 fully saturated rings. The lowest BCUT2D eigenvalue weighted by Crippen LogP contribution is -2.44. The number of ether oxygens (including phenoxy) is 2. The average Bonchev–Trinajstić information content (AvgIpc) is 3.10. The molecule has 27 heavy (non-hydrogen) atoms. The standard InChI is InChI=1S/C20H20N2O5/c23-18(10-14-11-20(25)27-12-14)21-22-19(24)13-26-17-9-5-4-8-16(17)15-6-2-1-3-7-15/h1-9,14H,10-13H2,(H,21,23)(H,22,24)/t14-/m1/s1. The average molecular weight is 368 g/mol. The second-order valence-corrected chi connectivity index (χ2v) is 6.20. The van der Waals surface area contributed by atoms with Gasteiger partial charge in [-0.15, -0.1) is 0 Å². The van der Waals surface area contributed by atoms with Gasteiger partial charge in [-0.05, 0) is 11.6 Å². The van der Waals surface area contributed by atoms with Gasteiger partial charge in [0.25, 0.3) is 5.91 Å². The Labute approximate surface area is 156 Å². The van der Waals surface area contributed by atoms with Crippen molar-refractivity contribution in [3.8, 4) is 16.9 Å². The number of carbonyl (C=O) groups is 3. The van der Waals surface area contributed by atoms with Crippen LogP contribution in [-0.2, 0) is 19.1 Å². The number of cyclic esters (lactones) is 1. The van der Waals surface area contributed by atoms with E-state index in [1.165, 1.54) is 0 Å². The van der Waals surface area contributed by atoms with Gasteiger partial charge in [0, 0.05) is 17.9 Å². The van der Waals surface area contributed by atoms with Gasteiger partial charge in [-0.25, -0.2) is 0 Å². The highest BCUT2D eigenvalue weighted by Crippen LogP contribution is 2.29. The fourth-order valence-corrected chi connectivity index (χ4v) is 2.78. The molecule has 2 aromatic rings.